The fraction of sp³-hybridized carbons (Fsp3) is 0.269. The van der Waals surface area contributed by atoms with Crippen LogP contribution in [0.2, 0.25) is 0 Å². The molecule has 0 spiro atoms. The number of halogens is 3. The van der Waals surface area contributed by atoms with E-state index in [1.807, 2.05) is 4.72 Å². The van der Waals surface area contributed by atoms with E-state index in [4.69, 9.17) is 4.74 Å². The highest BCUT2D eigenvalue weighted by molar-refractivity contribution is 7.92. The fourth-order valence-electron chi connectivity index (χ4n) is 4.38. The van der Waals surface area contributed by atoms with E-state index in [1.54, 1.807) is 54.9 Å². The van der Waals surface area contributed by atoms with Gasteiger partial charge < -0.3 is 15.4 Å². The lowest BCUT2D eigenvalue weighted by molar-refractivity contribution is -0.106. The first-order valence-corrected chi connectivity index (χ1v) is 13.8. The summed E-state index contributed by atoms with van der Waals surface area (Å²) in [5.74, 6) is -0.921. The van der Waals surface area contributed by atoms with Crippen LogP contribution in [-0.4, -0.2) is 54.4 Å². The highest BCUT2D eigenvalue weighted by atomic mass is 32.2. The number of piperidine rings is 1. The molecule has 1 atom stereocenters. The molecule has 2 aromatic carbocycles. The lowest BCUT2D eigenvalue weighted by Crippen LogP contribution is -2.38. The van der Waals surface area contributed by atoms with Crippen LogP contribution in [0.25, 0.3) is 22.0 Å². The number of fused-ring (bicyclic) bond motifs is 1. The largest absolute Gasteiger partial charge is 0.438 e. The SMILES string of the molecule is O=S(=O)(CC(F)(F)F)Nc1ccc(Oc2ncccc2-c2ccnc(N[C@H]3CCCNC3)n2)c2ccccc12. The van der Waals surface area contributed by atoms with Gasteiger partial charge in [-0.15, -0.1) is 0 Å². The molecule has 3 heterocycles. The van der Waals surface area contributed by atoms with Crippen molar-refractivity contribution in [3.8, 4) is 22.9 Å². The molecule has 0 saturated carbocycles. The van der Waals surface area contributed by atoms with Gasteiger partial charge in [-0.1, -0.05) is 24.3 Å². The van der Waals surface area contributed by atoms with Crippen LogP contribution < -0.4 is 20.1 Å². The van der Waals surface area contributed by atoms with E-state index in [-0.39, 0.29) is 17.6 Å². The maximum absolute atomic E-state index is 12.7. The second kappa shape index (κ2) is 11.0. The zero-order valence-corrected chi connectivity index (χ0v) is 21.4. The van der Waals surface area contributed by atoms with Gasteiger partial charge in [0.1, 0.15) is 5.75 Å². The van der Waals surface area contributed by atoms with Gasteiger partial charge in [0.05, 0.1) is 16.9 Å². The average molecular weight is 559 g/mol. The summed E-state index contributed by atoms with van der Waals surface area (Å²) in [5.41, 5.74) is 1.19. The topological polar surface area (TPSA) is 118 Å². The maximum Gasteiger partial charge on any atom is 0.404 e. The maximum atomic E-state index is 12.7. The molecule has 0 unspecified atom stereocenters. The van der Waals surface area contributed by atoms with Crippen LogP contribution >= 0.6 is 0 Å². The van der Waals surface area contributed by atoms with E-state index in [9.17, 15) is 21.6 Å². The van der Waals surface area contributed by atoms with Crippen molar-refractivity contribution in [3.63, 3.8) is 0 Å². The van der Waals surface area contributed by atoms with Crippen molar-refractivity contribution in [1.82, 2.24) is 20.3 Å². The smallest absolute Gasteiger partial charge is 0.404 e. The molecule has 0 radical (unpaired) electrons. The Balaban J connectivity index is 1.44. The molecular formula is C26H25F3N6O3S. The third-order valence-corrected chi connectivity index (χ3v) is 7.28. The first-order chi connectivity index (χ1) is 18.7. The van der Waals surface area contributed by atoms with Crippen LogP contribution in [-0.2, 0) is 10.0 Å². The predicted molar refractivity (Wildman–Crippen MR) is 142 cm³/mol. The monoisotopic (exact) mass is 558 g/mol. The van der Waals surface area contributed by atoms with Crippen LogP contribution in [0.5, 0.6) is 11.6 Å². The van der Waals surface area contributed by atoms with Crippen molar-refractivity contribution >= 4 is 32.4 Å². The van der Waals surface area contributed by atoms with Gasteiger partial charge in [0.25, 0.3) is 0 Å². The number of anilines is 2. The van der Waals surface area contributed by atoms with E-state index in [2.05, 4.69) is 25.6 Å². The number of alkyl halides is 3. The summed E-state index contributed by atoms with van der Waals surface area (Å²) in [6.45, 7) is 1.81. The van der Waals surface area contributed by atoms with E-state index in [0.29, 0.717) is 33.7 Å². The number of hydrogen-bond donors (Lipinski definition) is 3. The summed E-state index contributed by atoms with van der Waals surface area (Å²) >= 11 is 0. The number of rotatable bonds is 8. The van der Waals surface area contributed by atoms with E-state index >= 15 is 0 Å². The number of nitrogens with zero attached hydrogens (tertiary/aromatic N) is 3. The van der Waals surface area contributed by atoms with Crippen molar-refractivity contribution in [2.75, 3.05) is 28.9 Å². The number of benzene rings is 2. The van der Waals surface area contributed by atoms with Crippen LogP contribution in [0.4, 0.5) is 24.8 Å². The fourth-order valence-corrected chi connectivity index (χ4v) is 5.39. The van der Waals surface area contributed by atoms with E-state index in [1.165, 1.54) is 12.1 Å². The minimum atomic E-state index is -4.87. The third kappa shape index (κ3) is 6.73. The quantitative estimate of drug-likeness (QED) is 0.278. The Bertz CT molecular complexity index is 1580. The highest BCUT2D eigenvalue weighted by Crippen LogP contribution is 2.37. The van der Waals surface area contributed by atoms with Crippen LogP contribution in [0.15, 0.2) is 67.0 Å². The molecule has 3 N–H and O–H groups in total. The number of ether oxygens (including phenoxy) is 1. The molecular weight excluding hydrogens is 533 g/mol. The predicted octanol–water partition coefficient (Wildman–Crippen LogP) is 4.95. The zero-order valence-electron chi connectivity index (χ0n) is 20.6. The number of aromatic nitrogens is 3. The minimum absolute atomic E-state index is 0.00663. The standard InChI is InChI=1S/C26H25F3N6O3S/c27-26(28,29)16-39(36,37)35-22-9-10-23(19-7-2-1-6-18(19)22)38-24-20(8-4-13-31-24)21-11-14-32-25(34-21)33-17-5-3-12-30-15-17/h1-2,4,6-11,13-14,17,30,35H,3,5,12,15-16H2,(H,32,33,34)/t17-/m0/s1. The number of pyridine rings is 1. The summed E-state index contributed by atoms with van der Waals surface area (Å²) in [6, 6.07) is 15.0. The normalized spacial score (nSPS) is 16.1. The van der Waals surface area contributed by atoms with Crippen LogP contribution in [0, 0.1) is 0 Å². The van der Waals surface area contributed by atoms with Crippen LogP contribution in [0.1, 0.15) is 12.8 Å². The molecule has 13 heteroatoms. The van der Waals surface area contributed by atoms with Crippen molar-refractivity contribution in [3.05, 3.63) is 67.0 Å². The number of sulfonamides is 1. The minimum Gasteiger partial charge on any atom is -0.438 e. The Labute approximate surface area is 222 Å². The van der Waals surface area contributed by atoms with Gasteiger partial charge in [0.2, 0.25) is 21.9 Å². The molecule has 1 aliphatic rings. The average Bonchev–Trinajstić information content (AvgIpc) is 2.90. The summed E-state index contributed by atoms with van der Waals surface area (Å²) in [7, 11) is -4.67. The van der Waals surface area contributed by atoms with E-state index < -0.39 is 22.0 Å². The van der Waals surface area contributed by atoms with Crippen LogP contribution in [0.3, 0.4) is 0 Å². The second-order valence-corrected chi connectivity index (χ2v) is 10.8. The molecule has 1 saturated heterocycles. The molecule has 0 aliphatic carbocycles. The highest BCUT2D eigenvalue weighted by Gasteiger charge is 2.35. The summed E-state index contributed by atoms with van der Waals surface area (Å²) in [6.07, 6.45) is 0.416. The molecule has 1 aliphatic heterocycles. The first-order valence-electron chi connectivity index (χ1n) is 12.2. The molecule has 0 amide bonds. The zero-order chi connectivity index (χ0) is 27.5. The molecule has 9 nitrogen and oxygen atoms in total. The van der Waals surface area contributed by atoms with Gasteiger partial charge >= 0.3 is 6.18 Å². The van der Waals surface area contributed by atoms with Crippen molar-refractivity contribution in [2.24, 2.45) is 0 Å². The summed E-state index contributed by atoms with van der Waals surface area (Å²) in [4.78, 5) is 13.4. The van der Waals surface area contributed by atoms with Crippen molar-refractivity contribution in [2.45, 2.75) is 25.1 Å². The van der Waals surface area contributed by atoms with Gasteiger partial charge in [-0.3, -0.25) is 4.72 Å². The number of nitrogens with one attached hydrogen (secondary N) is 3. The molecule has 5 rings (SSSR count). The molecule has 39 heavy (non-hydrogen) atoms. The number of hydrogen-bond acceptors (Lipinski definition) is 8. The van der Waals surface area contributed by atoms with Gasteiger partial charge in [-0.05, 0) is 49.7 Å². The van der Waals surface area contributed by atoms with Crippen molar-refractivity contribution < 1.29 is 26.3 Å². The summed E-state index contributed by atoms with van der Waals surface area (Å²) in [5, 5.41) is 7.54. The Morgan fingerprint density at radius 1 is 1.00 bits per heavy atom. The Hall–Kier alpha value is -3.97. The van der Waals surface area contributed by atoms with E-state index in [0.717, 1.165) is 25.9 Å². The second-order valence-electron chi connectivity index (χ2n) is 9.04. The lowest BCUT2D eigenvalue weighted by atomic mass is 10.1. The first kappa shape index (κ1) is 26.6. The Morgan fingerprint density at radius 3 is 2.59 bits per heavy atom. The van der Waals surface area contributed by atoms with Crippen molar-refractivity contribution in [1.29, 1.82) is 0 Å². The molecule has 1 fully saturated rings. The molecule has 2 aromatic heterocycles. The summed E-state index contributed by atoms with van der Waals surface area (Å²) < 4.78 is 70.6. The molecule has 4 aromatic rings. The van der Waals surface area contributed by atoms with Gasteiger partial charge in [0.15, 0.2) is 5.75 Å². The van der Waals surface area contributed by atoms with Gasteiger partial charge in [0, 0.05) is 35.8 Å². The van der Waals surface area contributed by atoms with Gasteiger partial charge in [-0.25, -0.2) is 23.4 Å². The third-order valence-electron chi connectivity index (χ3n) is 6.04. The molecule has 204 valence electrons. The lowest BCUT2D eigenvalue weighted by Gasteiger charge is -2.23. The van der Waals surface area contributed by atoms with Gasteiger partial charge in [-0.2, -0.15) is 13.2 Å². The Morgan fingerprint density at radius 2 is 1.82 bits per heavy atom. The molecule has 0 bridgehead atoms. The Kier molecular flexibility index (Phi) is 7.53.